The average Bonchev–Trinajstić information content (AvgIpc) is 2.37. The Morgan fingerprint density at radius 1 is 1.89 bits per heavy atom. The van der Waals surface area contributed by atoms with Crippen LogP contribution in [0.1, 0.15) is 0 Å². The van der Waals surface area contributed by atoms with Crippen LogP contribution in [0, 0.1) is 0 Å². The monoisotopic (exact) mass is 127 g/mol. The Labute approximate surface area is 50.6 Å². The molecule has 1 rings (SSSR count). The Kier molecular flexibility index (Phi) is 1.41. The van der Waals surface area contributed by atoms with E-state index in [2.05, 4.69) is 15.4 Å². The number of nitrogens with one attached hydrogen (secondary N) is 1. The molecule has 48 valence electrons. The average molecular weight is 127 g/mol. The van der Waals surface area contributed by atoms with Gasteiger partial charge in [0.2, 0.25) is 6.41 Å². The first-order valence-corrected chi connectivity index (χ1v) is 2.20. The second-order valence-corrected chi connectivity index (χ2v) is 1.34. The summed E-state index contributed by atoms with van der Waals surface area (Å²) in [5.74, 6) is 5.38. The Morgan fingerprint density at radius 2 is 2.67 bits per heavy atom. The number of rotatable bonds is 2. The van der Waals surface area contributed by atoms with E-state index in [1.807, 2.05) is 0 Å². The quantitative estimate of drug-likeness (QED) is 0.222. The van der Waals surface area contributed by atoms with Crippen LogP contribution in [-0.2, 0) is 4.79 Å². The first-order chi connectivity index (χ1) is 4.34. The lowest BCUT2D eigenvalue weighted by Gasteiger charge is -2.01. The number of aromatic nitrogens is 3. The van der Waals surface area contributed by atoms with E-state index in [1.165, 1.54) is 6.20 Å². The molecular weight excluding hydrogens is 122 g/mol. The number of amides is 1. The Bertz CT molecular complexity index is 182. The van der Waals surface area contributed by atoms with Crippen LogP contribution in [0.2, 0.25) is 0 Å². The zero-order valence-corrected chi connectivity index (χ0v) is 4.48. The number of carbonyl (C=O) groups is 1. The predicted octanol–water partition coefficient (Wildman–Crippen LogP) is -1.36. The van der Waals surface area contributed by atoms with Crippen LogP contribution >= 0.6 is 0 Å². The van der Waals surface area contributed by atoms with Gasteiger partial charge in [-0.2, -0.15) is 0 Å². The fraction of sp³-hybridized carbons (Fsp3) is 0. The van der Waals surface area contributed by atoms with Gasteiger partial charge in [-0.15, -0.1) is 5.10 Å². The van der Waals surface area contributed by atoms with E-state index >= 15 is 0 Å². The minimum atomic E-state index is 0.296. The van der Waals surface area contributed by atoms with E-state index in [9.17, 15) is 4.79 Å². The van der Waals surface area contributed by atoms with E-state index in [-0.39, 0.29) is 0 Å². The summed E-state index contributed by atoms with van der Waals surface area (Å²) < 4.78 is 0. The second-order valence-electron chi connectivity index (χ2n) is 1.34. The number of hydrazine groups is 1. The van der Waals surface area contributed by atoms with Crippen LogP contribution in [0.25, 0.3) is 0 Å². The van der Waals surface area contributed by atoms with Gasteiger partial charge in [0.25, 0.3) is 0 Å². The third-order valence-corrected chi connectivity index (χ3v) is 0.782. The van der Waals surface area contributed by atoms with Gasteiger partial charge in [-0.1, -0.05) is 5.21 Å². The number of carbonyl (C=O) groups excluding carboxylic acids is 1. The summed E-state index contributed by atoms with van der Waals surface area (Å²) in [5, 5.41) is 10.0. The highest BCUT2D eigenvalue weighted by Gasteiger charge is 1.99. The lowest BCUT2D eigenvalue weighted by atomic mass is 10.7. The summed E-state index contributed by atoms with van der Waals surface area (Å²) in [5.41, 5.74) is 0. The van der Waals surface area contributed by atoms with Crippen molar-refractivity contribution in [2.24, 2.45) is 5.84 Å². The van der Waals surface area contributed by atoms with Crippen molar-refractivity contribution in [1.82, 2.24) is 15.4 Å². The molecule has 1 aromatic rings. The number of nitrogens with zero attached hydrogens (tertiary/aromatic N) is 3. The molecule has 1 heterocycles. The topological polar surface area (TPSA) is 87.9 Å². The molecule has 0 aromatic carbocycles. The normalized spacial score (nSPS) is 9.00. The number of aromatic amines is 1. The first-order valence-electron chi connectivity index (χ1n) is 2.20. The van der Waals surface area contributed by atoms with Crippen molar-refractivity contribution in [2.75, 3.05) is 5.01 Å². The van der Waals surface area contributed by atoms with Gasteiger partial charge in [-0.25, -0.2) is 10.9 Å². The van der Waals surface area contributed by atoms with Crippen molar-refractivity contribution in [3.63, 3.8) is 0 Å². The minimum absolute atomic E-state index is 0.296. The molecule has 0 spiro atoms. The van der Waals surface area contributed by atoms with Crippen LogP contribution in [-0.4, -0.2) is 21.8 Å². The molecule has 0 aliphatic rings. The molecule has 1 amide bonds. The van der Waals surface area contributed by atoms with Crippen LogP contribution in [0.15, 0.2) is 6.20 Å². The lowest BCUT2D eigenvalue weighted by Crippen LogP contribution is -2.28. The predicted molar refractivity (Wildman–Crippen MR) is 29.1 cm³/mol. The maximum atomic E-state index is 9.92. The minimum Gasteiger partial charge on any atom is -0.277 e. The molecule has 9 heavy (non-hydrogen) atoms. The van der Waals surface area contributed by atoms with Crippen LogP contribution < -0.4 is 10.9 Å². The lowest BCUT2D eigenvalue weighted by molar-refractivity contribution is -0.107. The van der Waals surface area contributed by atoms with E-state index in [0.717, 1.165) is 5.01 Å². The molecule has 0 aliphatic heterocycles. The van der Waals surface area contributed by atoms with Gasteiger partial charge in [-0.3, -0.25) is 9.89 Å². The van der Waals surface area contributed by atoms with Gasteiger partial charge in [0, 0.05) is 0 Å². The van der Waals surface area contributed by atoms with Gasteiger partial charge < -0.3 is 0 Å². The fourth-order valence-electron chi connectivity index (χ4n) is 0.376. The fourth-order valence-corrected chi connectivity index (χ4v) is 0.376. The smallest absolute Gasteiger partial charge is 0.229 e. The first kappa shape index (κ1) is 5.70. The number of nitrogens with two attached hydrogens (primary N) is 1. The van der Waals surface area contributed by atoms with E-state index in [4.69, 9.17) is 5.84 Å². The van der Waals surface area contributed by atoms with E-state index < -0.39 is 0 Å². The third-order valence-electron chi connectivity index (χ3n) is 0.782. The van der Waals surface area contributed by atoms with Crippen LogP contribution in [0.3, 0.4) is 0 Å². The zero-order valence-electron chi connectivity index (χ0n) is 4.48. The molecule has 1 aromatic heterocycles. The largest absolute Gasteiger partial charge is 0.277 e. The summed E-state index contributed by atoms with van der Waals surface area (Å²) in [7, 11) is 0. The summed E-state index contributed by atoms with van der Waals surface area (Å²) in [6.07, 6.45) is 1.85. The molecule has 0 aliphatic carbocycles. The number of hydrogen-bond donors (Lipinski definition) is 2. The second kappa shape index (κ2) is 2.23. The Morgan fingerprint density at radius 3 is 3.11 bits per heavy atom. The van der Waals surface area contributed by atoms with E-state index in [1.54, 1.807) is 0 Å². The number of hydrogen-bond acceptors (Lipinski definition) is 4. The number of anilines is 1. The molecule has 0 saturated heterocycles. The van der Waals surface area contributed by atoms with Crippen molar-refractivity contribution >= 4 is 12.2 Å². The SMILES string of the molecule is NN(C=O)c1c[nH]nn1. The molecule has 6 heteroatoms. The summed E-state index contributed by atoms with van der Waals surface area (Å²) in [4.78, 5) is 9.92. The summed E-state index contributed by atoms with van der Waals surface area (Å²) in [6, 6.07) is 0. The van der Waals surface area contributed by atoms with Crippen molar-refractivity contribution in [3.05, 3.63) is 6.20 Å². The van der Waals surface area contributed by atoms with Gasteiger partial charge >= 0.3 is 0 Å². The maximum Gasteiger partial charge on any atom is 0.229 e. The van der Waals surface area contributed by atoms with Gasteiger partial charge in [0.05, 0.1) is 6.20 Å². The van der Waals surface area contributed by atoms with Gasteiger partial charge in [0.15, 0.2) is 5.82 Å². The maximum absolute atomic E-state index is 9.92. The molecule has 0 fully saturated rings. The van der Waals surface area contributed by atoms with Gasteiger partial charge in [0.1, 0.15) is 0 Å². The Hall–Kier alpha value is -1.43. The molecule has 0 saturated carbocycles. The van der Waals surface area contributed by atoms with Gasteiger partial charge in [-0.05, 0) is 0 Å². The van der Waals surface area contributed by atoms with Crippen LogP contribution in [0.4, 0.5) is 5.82 Å². The van der Waals surface area contributed by atoms with Crippen LogP contribution in [0.5, 0.6) is 0 Å². The third kappa shape index (κ3) is 1.03. The van der Waals surface area contributed by atoms with Crippen molar-refractivity contribution in [1.29, 1.82) is 0 Å². The van der Waals surface area contributed by atoms with Crippen molar-refractivity contribution in [3.8, 4) is 0 Å². The molecular formula is C3H5N5O. The zero-order chi connectivity index (χ0) is 6.69. The standard InChI is InChI=1S/C3H5N5O/c4-8(2-9)3-1-5-7-6-3/h1-2H,4H2,(H,5,6,7). The highest BCUT2D eigenvalue weighted by molar-refractivity contribution is 5.69. The number of H-pyrrole nitrogens is 1. The summed E-state index contributed by atoms with van der Waals surface area (Å²) in [6.45, 7) is 0. The molecule has 0 unspecified atom stereocenters. The Balaban J connectivity index is 2.76. The highest BCUT2D eigenvalue weighted by atomic mass is 16.1. The summed E-state index contributed by atoms with van der Waals surface area (Å²) >= 11 is 0. The molecule has 6 nitrogen and oxygen atoms in total. The molecule has 0 radical (unpaired) electrons. The molecule has 0 bridgehead atoms. The van der Waals surface area contributed by atoms with Crippen molar-refractivity contribution in [2.45, 2.75) is 0 Å². The highest BCUT2D eigenvalue weighted by Crippen LogP contribution is 1.96. The van der Waals surface area contributed by atoms with E-state index in [0.29, 0.717) is 12.2 Å². The van der Waals surface area contributed by atoms with Crippen molar-refractivity contribution < 1.29 is 4.79 Å². The molecule has 3 N–H and O–H groups in total. The molecule has 0 atom stereocenters.